The minimum absolute atomic E-state index is 0.0219. The summed E-state index contributed by atoms with van der Waals surface area (Å²) in [5, 5.41) is 13.2. The average Bonchev–Trinajstić information content (AvgIpc) is 3.03. The maximum Gasteiger partial charge on any atom is 0.325 e. The maximum absolute atomic E-state index is 13.2. The topological polar surface area (TPSA) is 88.1 Å². The summed E-state index contributed by atoms with van der Waals surface area (Å²) in [4.78, 5) is 26.8. The molecule has 160 valence electrons. The van der Waals surface area contributed by atoms with E-state index in [1.807, 2.05) is 38.1 Å². The molecular weight excluding hydrogens is 384 g/mol. The van der Waals surface area contributed by atoms with E-state index in [2.05, 4.69) is 5.32 Å². The quantitative estimate of drug-likeness (QED) is 0.619. The Bertz CT molecular complexity index is 899. The number of aryl methyl sites for hydroxylation is 1. The van der Waals surface area contributed by atoms with Crippen molar-refractivity contribution < 1.29 is 24.2 Å². The van der Waals surface area contributed by atoms with Crippen molar-refractivity contribution in [3.8, 4) is 11.5 Å². The van der Waals surface area contributed by atoms with Crippen molar-refractivity contribution in [1.82, 2.24) is 10.2 Å². The van der Waals surface area contributed by atoms with E-state index < -0.39 is 17.7 Å². The molecule has 2 aromatic carbocycles. The lowest BCUT2D eigenvalue weighted by Gasteiger charge is -2.26. The van der Waals surface area contributed by atoms with Crippen LogP contribution in [0.1, 0.15) is 31.4 Å². The number of imide groups is 1. The van der Waals surface area contributed by atoms with Gasteiger partial charge in [-0.3, -0.25) is 9.69 Å². The summed E-state index contributed by atoms with van der Waals surface area (Å²) in [7, 11) is 1.57. The second-order valence-corrected chi connectivity index (χ2v) is 7.30. The lowest BCUT2D eigenvalue weighted by molar-refractivity contribution is -0.132. The number of rotatable bonds is 9. The predicted molar refractivity (Wildman–Crippen MR) is 113 cm³/mol. The average molecular weight is 412 g/mol. The van der Waals surface area contributed by atoms with Crippen LogP contribution in [0, 0.1) is 0 Å². The van der Waals surface area contributed by atoms with E-state index in [4.69, 9.17) is 9.47 Å². The number of amides is 3. The number of β-amino-alcohol motifs (C(OH)–C–C–N with tert-alkyl or cyclic N) is 1. The number of aliphatic hydroxyl groups is 1. The van der Waals surface area contributed by atoms with Gasteiger partial charge in [0, 0.05) is 0 Å². The Balaban J connectivity index is 1.68. The van der Waals surface area contributed by atoms with Gasteiger partial charge in [-0.05, 0) is 48.2 Å². The highest BCUT2D eigenvalue weighted by atomic mass is 16.5. The van der Waals surface area contributed by atoms with Crippen LogP contribution in [-0.4, -0.2) is 48.3 Å². The van der Waals surface area contributed by atoms with Crippen molar-refractivity contribution >= 4 is 11.9 Å². The summed E-state index contributed by atoms with van der Waals surface area (Å²) in [6, 6.07) is 14.1. The first-order chi connectivity index (χ1) is 14.4. The number of nitrogens with zero attached hydrogens (tertiary/aromatic N) is 1. The molecule has 0 aliphatic carbocycles. The fourth-order valence-corrected chi connectivity index (χ4v) is 3.62. The lowest BCUT2D eigenvalue weighted by atomic mass is 9.87. The van der Waals surface area contributed by atoms with E-state index in [-0.39, 0.29) is 19.1 Å². The van der Waals surface area contributed by atoms with Crippen LogP contribution in [0.2, 0.25) is 0 Å². The van der Waals surface area contributed by atoms with Gasteiger partial charge in [0.15, 0.2) is 0 Å². The second kappa shape index (κ2) is 9.17. The van der Waals surface area contributed by atoms with Crippen LogP contribution >= 0.6 is 0 Å². The molecule has 1 saturated heterocycles. The van der Waals surface area contributed by atoms with Crippen LogP contribution in [0.3, 0.4) is 0 Å². The van der Waals surface area contributed by atoms with Crippen LogP contribution in [0.4, 0.5) is 4.79 Å². The molecule has 2 aromatic rings. The van der Waals surface area contributed by atoms with Crippen LogP contribution in [0.5, 0.6) is 11.5 Å². The lowest BCUT2D eigenvalue weighted by Crippen LogP contribution is -2.44. The van der Waals surface area contributed by atoms with Crippen LogP contribution in [0.25, 0.3) is 0 Å². The molecule has 0 radical (unpaired) electrons. The Morgan fingerprint density at radius 1 is 1.10 bits per heavy atom. The zero-order chi connectivity index (χ0) is 21.7. The first-order valence-corrected chi connectivity index (χ1v) is 10.1. The number of carbonyl (C=O) groups is 2. The molecule has 2 unspecified atom stereocenters. The molecule has 2 atom stereocenters. The highest BCUT2D eigenvalue weighted by Crippen LogP contribution is 2.33. The van der Waals surface area contributed by atoms with Gasteiger partial charge in [-0.2, -0.15) is 0 Å². The number of aliphatic hydroxyl groups excluding tert-OH is 1. The van der Waals surface area contributed by atoms with Crippen molar-refractivity contribution in [3.63, 3.8) is 0 Å². The van der Waals surface area contributed by atoms with E-state index in [0.29, 0.717) is 23.5 Å². The van der Waals surface area contributed by atoms with Gasteiger partial charge >= 0.3 is 6.03 Å². The summed E-state index contributed by atoms with van der Waals surface area (Å²) >= 11 is 0. The minimum Gasteiger partial charge on any atom is -0.497 e. The van der Waals surface area contributed by atoms with Gasteiger partial charge in [-0.25, -0.2) is 4.79 Å². The van der Waals surface area contributed by atoms with E-state index in [9.17, 15) is 14.7 Å². The fourth-order valence-electron chi connectivity index (χ4n) is 3.62. The zero-order valence-corrected chi connectivity index (χ0v) is 17.6. The molecule has 1 aliphatic rings. The minimum atomic E-state index is -1.15. The Hall–Kier alpha value is -3.06. The van der Waals surface area contributed by atoms with Gasteiger partial charge < -0.3 is 19.9 Å². The smallest absolute Gasteiger partial charge is 0.325 e. The molecular formula is C23H28N2O5. The van der Waals surface area contributed by atoms with Crippen molar-refractivity contribution in [3.05, 3.63) is 59.7 Å². The monoisotopic (exact) mass is 412 g/mol. The number of methoxy groups -OCH3 is 1. The van der Waals surface area contributed by atoms with E-state index in [1.165, 1.54) is 0 Å². The molecule has 2 N–H and O–H groups in total. The van der Waals surface area contributed by atoms with Gasteiger partial charge in [-0.15, -0.1) is 0 Å². The number of carbonyl (C=O) groups excluding carboxylic acids is 2. The Morgan fingerprint density at radius 3 is 2.47 bits per heavy atom. The number of urea groups is 1. The molecule has 0 spiro atoms. The highest BCUT2D eigenvalue weighted by molar-refractivity contribution is 6.07. The highest BCUT2D eigenvalue weighted by Gasteiger charge is 2.51. The summed E-state index contributed by atoms with van der Waals surface area (Å²) in [5.74, 6) is 0.928. The van der Waals surface area contributed by atoms with Gasteiger partial charge in [0.05, 0.1) is 13.7 Å². The molecule has 1 aliphatic heterocycles. The Kier molecular flexibility index (Phi) is 6.62. The number of hydrogen-bond acceptors (Lipinski definition) is 5. The van der Waals surface area contributed by atoms with E-state index in [0.717, 1.165) is 16.9 Å². The first kappa shape index (κ1) is 21.6. The molecule has 1 fully saturated rings. The van der Waals surface area contributed by atoms with Crippen molar-refractivity contribution in [2.45, 2.75) is 38.3 Å². The molecule has 7 heteroatoms. The zero-order valence-electron chi connectivity index (χ0n) is 17.6. The van der Waals surface area contributed by atoms with Crippen molar-refractivity contribution in [1.29, 1.82) is 0 Å². The van der Waals surface area contributed by atoms with Crippen molar-refractivity contribution in [2.24, 2.45) is 0 Å². The SMILES string of the molecule is CCc1cccc(OCC(O)CN2C(=O)NC(CC)(c3ccc(OC)cc3)C2=O)c1. The molecule has 1 heterocycles. The summed E-state index contributed by atoms with van der Waals surface area (Å²) in [6.45, 7) is 3.72. The van der Waals surface area contributed by atoms with Gasteiger partial charge in [0.25, 0.3) is 5.91 Å². The summed E-state index contributed by atoms with van der Waals surface area (Å²) < 4.78 is 10.8. The summed E-state index contributed by atoms with van der Waals surface area (Å²) in [5.41, 5.74) is 0.649. The number of benzene rings is 2. The normalized spacial score (nSPS) is 19.5. The fraction of sp³-hybridized carbons (Fsp3) is 0.391. The van der Waals surface area contributed by atoms with E-state index in [1.54, 1.807) is 31.4 Å². The molecule has 3 rings (SSSR count). The Labute approximate surface area is 176 Å². The van der Waals surface area contributed by atoms with Crippen molar-refractivity contribution in [2.75, 3.05) is 20.3 Å². The van der Waals surface area contributed by atoms with E-state index >= 15 is 0 Å². The standard InChI is InChI=1S/C23H28N2O5/c1-4-16-7-6-8-20(13-16)30-15-18(26)14-25-21(27)23(5-2,24-22(25)28)17-9-11-19(29-3)12-10-17/h6-13,18,26H,4-5,14-15H2,1-3H3,(H,24,28). The van der Waals surface area contributed by atoms with Crippen LogP contribution in [-0.2, 0) is 16.8 Å². The molecule has 7 nitrogen and oxygen atoms in total. The second-order valence-electron chi connectivity index (χ2n) is 7.30. The number of nitrogens with one attached hydrogen (secondary N) is 1. The molecule has 0 saturated carbocycles. The van der Waals surface area contributed by atoms with Crippen LogP contribution in [0.15, 0.2) is 48.5 Å². The number of ether oxygens (including phenoxy) is 2. The third-order valence-electron chi connectivity index (χ3n) is 5.43. The molecule has 3 amide bonds. The molecule has 30 heavy (non-hydrogen) atoms. The summed E-state index contributed by atoms with van der Waals surface area (Å²) in [6.07, 6.45) is 0.261. The van der Waals surface area contributed by atoms with Gasteiger partial charge in [-0.1, -0.05) is 38.1 Å². The number of hydrogen-bond donors (Lipinski definition) is 2. The van der Waals surface area contributed by atoms with Crippen LogP contribution < -0.4 is 14.8 Å². The third-order valence-corrected chi connectivity index (χ3v) is 5.43. The molecule has 0 aromatic heterocycles. The largest absolute Gasteiger partial charge is 0.497 e. The van der Waals surface area contributed by atoms with Gasteiger partial charge in [0.2, 0.25) is 0 Å². The molecule has 0 bridgehead atoms. The first-order valence-electron chi connectivity index (χ1n) is 10.1. The maximum atomic E-state index is 13.2. The van der Waals surface area contributed by atoms with Gasteiger partial charge in [0.1, 0.15) is 29.7 Å². The Morgan fingerprint density at radius 2 is 1.83 bits per heavy atom. The third kappa shape index (κ3) is 4.26. The predicted octanol–water partition coefficient (Wildman–Crippen LogP) is 2.85.